The van der Waals surface area contributed by atoms with Crippen LogP contribution in [0.3, 0.4) is 0 Å². The number of cyclic esters (lactones) is 1. The van der Waals surface area contributed by atoms with Crippen LogP contribution in [-0.2, 0) is 44.6 Å². The van der Waals surface area contributed by atoms with Crippen molar-refractivity contribution in [2.24, 2.45) is 23.7 Å². The number of carbonyl (C=O) groups is 4. The van der Waals surface area contributed by atoms with Crippen LogP contribution in [-0.4, -0.2) is 135 Å². The molecule has 2 aromatic rings. The Morgan fingerprint density at radius 1 is 1.08 bits per heavy atom. The molecule has 16 heteroatoms. The van der Waals surface area contributed by atoms with E-state index in [9.17, 15) is 24.3 Å². The van der Waals surface area contributed by atoms with Gasteiger partial charge < -0.3 is 38.3 Å². The molecule has 3 saturated heterocycles. The summed E-state index contributed by atoms with van der Waals surface area (Å²) in [5, 5.41) is 12.0. The first kappa shape index (κ1) is 47.3. The fourth-order valence-electron chi connectivity index (χ4n) is 9.45. The second-order valence-electron chi connectivity index (χ2n) is 17.3. The lowest BCUT2D eigenvalue weighted by atomic mass is 9.72. The van der Waals surface area contributed by atoms with Crippen LogP contribution < -0.4 is 0 Å². The number of unbranched alkanes of at least 4 members (excludes halogenated alkanes) is 1. The number of aryl methyl sites for hydroxylation is 1. The summed E-state index contributed by atoms with van der Waals surface area (Å²) < 4.78 is 33.2. The molecule has 1 unspecified atom stereocenters. The van der Waals surface area contributed by atoms with Crippen LogP contribution in [0.5, 0.6) is 0 Å². The van der Waals surface area contributed by atoms with E-state index < -0.39 is 83.4 Å². The lowest BCUT2D eigenvalue weighted by molar-refractivity contribution is -0.295. The molecule has 0 saturated carbocycles. The van der Waals surface area contributed by atoms with Gasteiger partial charge in [0.05, 0.1) is 40.9 Å². The predicted molar refractivity (Wildman–Crippen MR) is 224 cm³/mol. The van der Waals surface area contributed by atoms with Crippen molar-refractivity contribution in [1.82, 2.24) is 24.3 Å². The zero-order chi connectivity index (χ0) is 44.3. The van der Waals surface area contributed by atoms with Crippen LogP contribution in [0.15, 0.2) is 43.6 Å². The summed E-state index contributed by atoms with van der Waals surface area (Å²) in [4.78, 5) is 69.3. The zero-order valence-electron chi connectivity index (χ0n) is 36.7. The zero-order valence-corrected chi connectivity index (χ0v) is 37.5. The molecule has 60 heavy (non-hydrogen) atoms. The first-order valence-electron chi connectivity index (χ1n) is 21.1. The molecule has 5 rings (SSSR count). The summed E-state index contributed by atoms with van der Waals surface area (Å²) in [5.74, 6) is -5.27. The number of aliphatic hydroxyl groups excluding tert-OH is 1. The van der Waals surface area contributed by atoms with Crippen LogP contribution in [0.2, 0.25) is 5.02 Å². The number of hydrogen-bond donors (Lipinski definition) is 1. The molecule has 0 bridgehead atoms. The molecule has 0 aromatic carbocycles. The summed E-state index contributed by atoms with van der Waals surface area (Å²) in [6, 6.07) is 0.503. The van der Waals surface area contributed by atoms with E-state index in [0.717, 1.165) is 5.56 Å². The number of amides is 1. The third-order valence-corrected chi connectivity index (χ3v) is 13.2. The maximum Gasteiger partial charge on any atom is 0.411 e. The van der Waals surface area contributed by atoms with Gasteiger partial charge in [-0.25, -0.2) is 9.78 Å². The first-order valence-corrected chi connectivity index (χ1v) is 21.4. The Labute approximate surface area is 359 Å². The highest BCUT2D eigenvalue weighted by molar-refractivity contribution is 6.33. The standard InChI is InChI=1S/C44H64ClN5O10/c1-12-34-44(13-2)38(50(42(55)60-44)19-15-14-18-49-23-32(47-24-49)30-22-46-17-16-31(30)45)27(5)35(51)25(3)21-43(8,56-11)39(28(6)36(52)29(7)40(54)58-34)59-41-37(53)33(48(9)10)20-26(4)57-41/h13,16-17,22-29,33-34,37-39,41,53H,2,12,14-15,18-21H2,1,3-11H3/t25-,26-,27+,28+,29-,33+,34-,37-,38-,39-,41?,43+,44-/m1/s1. The molecule has 3 aliphatic heterocycles. The topological polar surface area (TPSA) is 172 Å². The second kappa shape index (κ2) is 19.5. The van der Waals surface area contributed by atoms with Gasteiger partial charge >= 0.3 is 12.1 Å². The average Bonchev–Trinajstić information content (AvgIpc) is 3.81. The van der Waals surface area contributed by atoms with Gasteiger partial charge in [0.2, 0.25) is 0 Å². The highest BCUT2D eigenvalue weighted by Gasteiger charge is 2.61. The summed E-state index contributed by atoms with van der Waals surface area (Å²) >= 11 is 6.36. The number of ether oxygens (including phenoxy) is 5. The van der Waals surface area contributed by atoms with Gasteiger partial charge in [-0.3, -0.25) is 24.3 Å². The number of fused-ring (bicyclic) bond motifs is 1. The number of rotatable bonds is 12. The van der Waals surface area contributed by atoms with E-state index in [1.54, 1.807) is 64.3 Å². The molecule has 0 spiro atoms. The van der Waals surface area contributed by atoms with Crippen molar-refractivity contribution in [3.63, 3.8) is 0 Å². The minimum absolute atomic E-state index is 0.0975. The van der Waals surface area contributed by atoms with Gasteiger partial charge in [-0.2, -0.15) is 0 Å². The quantitative estimate of drug-likeness (QED) is 0.119. The lowest BCUT2D eigenvalue weighted by Crippen LogP contribution is -2.60. The normalized spacial score (nSPS) is 35.8. The van der Waals surface area contributed by atoms with Crippen molar-refractivity contribution in [1.29, 1.82) is 0 Å². The number of esters is 1. The molecule has 1 N–H and O–H groups in total. The number of likely N-dealkylation sites (N-methyl/N-ethyl adjacent to an activating group) is 1. The largest absolute Gasteiger partial charge is 0.457 e. The Morgan fingerprint density at radius 2 is 1.78 bits per heavy atom. The van der Waals surface area contributed by atoms with Gasteiger partial charge in [-0.15, -0.1) is 0 Å². The molecular weight excluding hydrogens is 794 g/mol. The SMILES string of the molecule is C=C[C@]12OC(=O)N(CCCCn3cnc(-c4cnccc4Cl)c3)[C@@H]1[C@@H](C)C(=O)[C@H](C)C[C@](C)(OC)[C@H](OC1O[C@H](C)C[C@H](N(C)C)[C@H]1O)[C@@H](C)C(=O)[C@@H](C)C(=O)O[C@@H]2CC. The Hall–Kier alpha value is -3.73. The Morgan fingerprint density at radius 3 is 2.42 bits per heavy atom. The van der Waals surface area contributed by atoms with Gasteiger partial charge in [0.25, 0.3) is 0 Å². The average molecular weight is 858 g/mol. The van der Waals surface area contributed by atoms with Crippen molar-refractivity contribution < 1.29 is 48.0 Å². The minimum atomic E-state index is -1.61. The Bertz CT molecular complexity index is 1860. The van der Waals surface area contributed by atoms with Gasteiger partial charge in [-0.1, -0.05) is 45.9 Å². The molecule has 15 nitrogen and oxygen atoms in total. The second-order valence-corrected chi connectivity index (χ2v) is 17.7. The van der Waals surface area contributed by atoms with E-state index in [2.05, 4.69) is 16.5 Å². The Balaban J connectivity index is 1.46. The maximum absolute atomic E-state index is 14.8. The summed E-state index contributed by atoms with van der Waals surface area (Å²) in [5.41, 5.74) is -1.50. The van der Waals surface area contributed by atoms with Crippen LogP contribution in [0.4, 0.5) is 4.79 Å². The number of hydrogen-bond acceptors (Lipinski definition) is 13. The fraction of sp³-hybridized carbons (Fsp3) is 0.682. The molecule has 0 aliphatic carbocycles. The highest BCUT2D eigenvalue weighted by atomic mass is 35.5. The fourth-order valence-corrected chi connectivity index (χ4v) is 9.65. The van der Waals surface area contributed by atoms with Crippen molar-refractivity contribution in [3.05, 3.63) is 48.7 Å². The molecule has 0 radical (unpaired) electrons. The van der Waals surface area contributed by atoms with Crippen molar-refractivity contribution in [3.8, 4) is 11.3 Å². The van der Waals surface area contributed by atoms with E-state index in [4.69, 9.17) is 35.3 Å². The van der Waals surface area contributed by atoms with E-state index in [1.165, 1.54) is 20.1 Å². The lowest BCUT2D eigenvalue weighted by Gasteiger charge is -2.47. The molecule has 13 atom stereocenters. The third kappa shape index (κ3) is 9.51. The Kier molecular flexibility index (Phi) is 15.4. The molecule has 1 amide bonds. The predicted octanol–water partition coefficient (Wildman–Crippen LogP) is 5.75. The highest BCUT2D eigenvalue weighted by Crippen LogP contribution is 2.44. The smallest absolute Gasteiger partial charge is 0.411 e. The number of Topliss-reactive ketones (excluding diaryl/α,β-unsaturated/α-hetero) is 2. The molecular formula is C44H64ClN5O10. The molecule has 2 aromatic heterocycles. The molecule has 5 heterocycles. The number of aromatic nitrogens is 3. The van der Waals surface area contributed by atoms with Gasteiger partial charge in [0.1, 0.15) is 23.9 Å². The first-order chi connectivity index (χ1) is 28.3. The summed E-state index contributed by atoms with van der Waals surface area (Å²) in [7, 11) is 5.21. The maximum atomic E-state index is 14.8. The van der Waals surface area contributed by atoms with Crippen LogP contribution >= 0.6 is 11.6 Å². The summed E-state index contributed by atoms with van der Waals surface area (Å²) in [6.45, 7) is 17.0. The number of carbonyl (C=O) groups excluding carboxylic acids is 4. The van der Waals surface area contributed by atoms with Crippen LogP contribution in [0, 0.1) is 23.7 Å². The van der Waals surface area contributed by atoms with Crippen LogP contribution in [0.1, 0.15) is 80.6 Å². The van der Waals surface area contributed by atoms with Gasteiger partial charge in [0, 0.05) is 68.1 Å². The van der Waals surface area contributed by atoms with Crippen molar-refractivity contribution in [2.75, 3.05) is 27.7 Å². The molecule has 3 fully saturated rings. The summed E-state index contributed by atoms with van der Waals surface area (Å²) in [6.07, 6.45) is 5.11. The van der Waals surface area contributed by atoms with E-state index in [1.807, 2.05) is 36.7 Å². The van der Waals surface area contributed by atoms with Gasteiger partial charge in [0.15, 0.2) is 17.7 Å². The van der Waals surface area contributed by atoms with E-state index in [-0.39, 0.29) is 37.3 Å². The number of aliphatic hydroxyl groups is 1. The van der Waals surface area contributed by atoms with Crippen molar-refractivity contribution in [2.45, 2.75) is 141 Å². The van der Waals surface area contributed by atoms with Crippen molar-refractivity contribution >= 4 is 35.2 Å². The number of methoxy groups -OCH3 is 1. The number of pyridine rings is 1. The van der Waals surface area contributed by atoms with Crippen LogP contribution in [0.25, 0.3) is 11.3 Å². The number of nitrogens with zero attached hydrogens (tertiary/aromatic N) is 5. The minimum Gasteiger partial charge on any atom is -0.457 e. The number of imidazole rings is 1. The van der Waals surface area contributed by atoms with E-state index in [0.29, 0.717) is 36.5 Å². The number of ketones is 2. The third-order valence-electron chi connectivity index (χ3n) is 12.9. The molecule has 3 aliphatic rings. The monoisotopic (exact) mass is 857 g/mol. The van der Waals surface area contributed by atoms with E-state index >= 15 is 0 Å². The van der Waals surface area contributed by atoms with Gasteiger partial charge in [-0.05, 0) is 79.1 Å². The number of halogens is 1. The molecule has 332 valence electrons.